The van der Waals surface area contributed by atoms with Crippen LogP contribution in [0.15, 0.2) is 30.3 Å². The van der Waals surface area contributed by atoms with Gasteiger partial charge in [0, 0.05) is 5.56 Å². The summed E-state index contributed by atoms with van der Waals surface area (Å²) in [5.74, 6) is 1.18. The van der Waals surface area contributed by atoms with Crippen LogP contribution in [0.25, 0.3) is 11.1 Å². The molecule has 2 nitrogen and oxygen atoms in total. The lowest BCUT2D eigenvalue weighted by Crippen LogP contribution is -2.41. The van der Waals surface area contributed by atoms with Crippen molar-refractivity contribution in [1.29, 1.82) is 0 Å². The van der Waals surface area contributed by atoms with Gasteiger partial charge in [-0.1, -0.05) is 67.9 Å². The summed E-state index contributed by atoms with van der Waals surface area (Å²) in [5.41, 5.74) is 3.89. The molecule has 1 aliphatic heterocycles. The molecule has 3 rings (SSSR count). The van der Waals surface area contributed by atoms with Crippen molar-refractivity contribution in [3.63, 3.8) is 0 Å². The van der Waals surface area contributed by atoms with Crippen LogP contribution in [0, 0.1) is 6.92 Å². The number of hydrogen-bond donors (Lipinski definition) is 1. The summed E-state index contributed by atoms with van der Waals surface area (Å²) in [5, 5.41) is 12.2. The van der Waals surface area contributed by atoms with Gasteiger partial charge in [-0.3, -0.25) is 0 Å². The zero-order valence-corrected chi connectivity index (χ0v) is 17.4. The van der Waals surface area contributed by atoms with E-state index in [2.05, 4.69) is 65.1 Å². The first-order valence-electron chi connectivity index (χ1n) is 9.34. The summed E-state index contributed by atoms with van der Waals surface area (Å²) in [6.45, 7) is 13.3. The minimum Gasteiger partial charge on any atom is -0.507 e. The van der Waals surface area contributed by atoms with Crippen molar-refractivity contribution in [2.45, 2.75) is 65.3 Å². The number of phenolic OH excluding ortho intramolecular Hbond substituents is 1. The zero-order valence-electron chi connectivity index (χ0n) is 16.4. The normalized spacial score (nSPS) is 15.3. The Morgan fingerprint density at radius 2 is 1.84 bits per heavy atom. The third-order valence-electron chi connectivity index (χ3n) is 5.48. The maximum absolute atomic E-state index is 10.9. The van der Waals surface area contributed by atoms with Crippen LogP contribution in [0.3, 0.4) is 0 Å². The average Bonchev–Trinajstić information content (AvgIpc) is 2.51. The minimum atomic E-state index is -1.58. The Morgan fingerprint density at radius 1 is 1.12 bits per heavy atom. The van der Waals surface area contributed by atoms with Crippen molar-refractivity contribution in [2.24, 2.45) is 0 Å². The Labute approximate surface area is 152 Å². The highest BCUT2D eigenvalue weighted by molar-refractivity contribution is 6.89. The summed E-state index contributed by atoms with van der Waals surface area (Å²) in [6.07, 6.45) is 2.45. The number of hydrogen-bond acceptors (Lipinski definition) is 2. The molecule has 0 radical (unpaired) electrons. The lowest BCUT2D eigenvalue weighted by molar-refractivity contribution is 0.105. The van der Waals surface area contributed by atoms with Crippen LogP contribution in [0.1, 0.15) is 44.7 Å². The fourth-order valence-corrected chi connectivity index (χ4v) is 6.40. The van der Waals surface area contributed by atoms with E-state index < -0.39 is 13.7 Å². The summed E-state index contributed by atoms with van der Waals surface area (Å²) < 4.78 is 6.37. The van der Waals surface area contributed by atoms with E-state index in [0.717, 1.165) is 22.4 Å². The van der Waals surface area contributed by atoms with Crippen LogP contribution in [0.2, 0.25) is 19.1 Å². The van der Waals surface area contributed by atoms with Crippen molar-refractivity contribution in [2.75, 3.05) is 0 Å². The number of phenols is 1. The van der Waals surface area contributed by atoms with Crippen molar-refractivity contribution in [3.8, 4) is 22.6 Å². The van der Waals surface area contributed by atoms with E-state index in [4.69, 9.17) is 4.74 Å². The minimum absolute atomic E-state index is 0.354. The summed E-state index contributed by atoms with van der Waals surface area (Å²) in [7, 11) is -1.58. The Kier molecular flexibility index (Phi) is 4.48. The summed E-state index contributed by atoms with van der Waals surface area (Å²) in [6, 6.07) is 11.8. The van der Waals surface area contributed by atoms with Crippen LogP contribution in [0.5, 0.6) is 11.5 Å². The van der Waals surface area contributed by atoms with Gasteiger partial charge in [-0.25, -0.2) is 0 Å². The molecule has 2 aromatic carbocycles. The van der Waals surface area contributed by atoms with Gasteiger partial charge >= 0.3 is 0 Å². The third kappa shape index (κ3) is 3.22. The van der Waals surface area contributed by atoms with Gasteiger partial charge < -0.3 is 9.84 Å². The molecule has 1 heterocycles. The molecule has 0 bridgehead atoms. The fraction of sp³-hybridized carbons (Fsp3) is 0.455. The summed E-state index contributed by atoms with van der Waals surface area (Å²) >= 11 is 0. The maximum atomic E-state index is 10.9. The van der Waals surface area contributed by atoms with Crippen LogP contribution in [0.4, 0.5) is 0 Å². The first-order valence-corrected chi connectivity index (χ1v) is 12.5. The largest absolute Gasteiger partial charge is 0.507 e. The van der Waals surface area contributed by atoms with E-state index in [1.54, 1.807) is 0 Å². The molecule has 0 saturated heterocycles. The summed E-state index contributed by atoms with van der Waals surface area (Å²) in [4.78, 5) is 0. The smallest absolute Gasteiger partial charge is 0.132 e. The van der Waals surface area contributed by atoms with Gasteiger partial charge in [0.05, 0.1) is 13.6 Å². The number of ether oxygens (including phenoxy) is 1. The number of rotatable bonds is 4. The zero-order chi connectivity index (χ0) is 18.4. The molecule has 0 saturated carbocycles. The third-order valence-corrected chi connectivity index (χ3v) is 8.93. The monoisotopic (exact) mass is 354 g/mol. The van der Waals surface area contributed by atoms with Gasteiger partial charge in [-0.2, -0.15) is 0 Å². The van der Waals surface area contributed by atoms with Crippen LogP contribution >= 0.6 is 0 Å². The molecule has 0 aromatic heterocycles. The molecule has 25 heavy (non-hydrogen) atoms. The Bertz CT molecular complexity index is 806. The van der Waals surface area contributed by atoms with E-state index in [-0.39, 0.29) is 0 Å². The van der Waals surface area contributed by atoms with Crippen molar-refractivity contribution >= 4 is 13.3 Å². The highest BCUT2D eigenvalue weighted by Gasteiger charge is 2.35. The van der Waals surface area contributed by atoms with E-state index in [1.165, 1.54) is 29.6 Å². The molecule has 2 aromatic rings. The number of benzene rings is 2. The molecule has 0 unspecified atom stereocenters. The number of aromatic hydroxyl groups is 1. The van der Waals surface area contributed by atoms with E-state index in [1.807, 2.05) is 6.07 Å². The van der Waals surface area contributed by atoms with Gasteiger partial charge in [-0.15, -0.1) is 0 Å². The average molecular weight is 355 g/mol. The highest BCUT2D eigenvalue weighted by Crippen LogP contribution is 2.49. The van der Waals surface area contributed by atoms with Gasteiger partial charge in [0.2, 0.25) is 0 Å². The standard InChI is InChI=1S/C22H30O2Si/c1-7-8-11-25(5,6)16-13-19(23)21-17-12-15(2)9-10-18(17)22(3,4)24-20(21)14-16/h9-10,12-14,23H,7-8,11H2,1-6H3. The molecule has 1 aliphatic rings. The van der Waals surface area contributed by atoms with Crippen molar-refractivity contribution < 1.29 is 9.84 Å². The first-order chi connectivity index (χ1) is 11.7. The van der Waals surface area contributed by atoms with Crippen LogP contribution in [-0.4, -0.2) is 13.2 Å². The lowest BCUT2D eigenvalue weighted by Gasteiger charge is -2.36. The second kappa shape index (κ2) is 6.21. The van der Waals surface area contributed by atoms with E-state index in [0.29, 0.717) is 5.75 Å². The van der Waals surface area contributed by atoms with E-state index in [9.17, 15) is 5.11 Å². The molecule has 0 amide bonds. The fourth-order valence-electron chi connectivity index (χ4n) is 3.83. The lowest BCUT2D eigenvalue weighted by atomic mass is 9.85. The Morgan fingerprint density at radius 3 is 2.52 bits per heavy atom. The maximum Gasteiger partial charge on any atom is 0.132 e. The molecule has 0 fully saturated rings. The molecular weight excluding hydrogens is 324 g/mol. The topological polar surface area (TPSA) is 29.5 Å². The quantitative estimate of drug-likeness (QED) is 0.713. The molecule has 134 valence electrons. The van der Waals surface area contributed by atoms with Crippen molar-refractivity contribution in [3.05, 3.63) is 41.5 Å². The first kappa shape index (κ1) is 18.1. The molecule has 1 N–H and O–H groups in total. The van der Waals surface area contributed by atoms with Crippen molar-refractivity contribution in [1.82, 2.24) is 0 Å². The van der Waals surface area contributed by atoms with E-state index >= 15 is 0 Å². The predicted molar refractivity (Wildman–Crippen MR) is 109 cm³/mol. The second-order valence-corrected chi connectivity index (χ2v) is 13.4. The number of aryl methyl sites for hydroxylation is 1. The van der Waals surface area contributed by atoms with Gasteiger partial charge in [0.1, 0.15) is 17.1 Å². The molecule has 0 atom stereocenters. The molecular formula is C22H30O2Si. The van der Waals surface area contributed by atoms with Crippen LogP contribution in [-0.2, 0) is 5.60 Å². The molecule has 0 aliphatic carbocycles. The number of fused-ring (bicyclic) bond motifs is 3. The van der Waals surface area contributed by atoms with Gasteiger partial charge in [0.25, 0.3) is 0 Å². The van der Waals surface area contributed by atoms with Gasteiger partial charge in [0.15, 0.2) is 0 Å². The Balaban J connectivity index is 2.17. The number of unbranched alkanes of at least 4 members (excludes halogenated alkanes) is 1. The van der Waals surface area contributed by atoms with Crippen LogP contribution < -0.4 is 9.92 Å². The predicted octanol–water partition coefficient (Wildman–Crippen LogP) is 5.71. The Hall–Kier alpha value is -1.74. The molecule has 0 spiro atoms. The highest BCUT2D eigenvalue weighted by atomic mass is 28.3. The second-order valence-electron chi connectivity index (χ2n) is 8.52. The molecule has 3 heteroatoms. The van der Waals surface area contributed by atoms with Gasteiger partial charge in [-0.05, 0) is 38.5 Å². The SMILES string of the molecule is CCCC[Si](C)(C)c1cc(O)c2c(c1)OC(C)(C)c1ccc(C)cc1-2.